The first-order chi connectivity index (χ1) is 10.0. The first kappa shape index (κ1) is 17.2. The second-order valence-corrected chi connectivity index (χ2v) is 4.99. The number of aliphatic carboxylic acids is 1. The molecule has 1 atom stereocenters. The van der Waals surface area contributed by atoms with Crippen LogP contribution < -0.4 is 10.6 Å². The number of nitrogens with zero attached hydrogens (tertiary/aromatic N) is 1. The lowest BCUT2D eigenvalue weighted by atomic mass is 10.1. The van der Waals surface area contributed by atoms with Crippen molar-refractivity contribution in [2.75, 3.05) is 26.2 Å². The topological polar surface area (TPSA) is 119 Å². The molecule has 4 N–H and O–H groups in total. The highest BCUT2D eigenvalue weighted by atomic mass is 16.4. The highest BCUT2D eigenvalue weighted by molar-refractivity contribution is 5.83. The van der Waals surface area contributed by atoms with Gasteiger partial charge in [0.05, 0.1) is 0 Å². The van der Waals surface area contributed by atoms with Gasteiger partial charge in [0, 0.05) is 39.1 Å². The smallest absolute Gasteiger partial charge is 0.326 e. The van der Waals surface area contributed by atoms with Crippen molar-refractivity contribution in [2.24, 2.45) is 0 Å². The molecule has 120 valence electrons. The van der Waals surface area contributed by atoms with Crippen LogP contribution in [0.15, 0.2) is 0 Å². The Morgan fingerprint density at radius 3 is 2.38 bits per heavy atom. The van der Waals surface area contributed by atoms with E-state index in [0.717, 1.165) is 32.4 Å². The first-order valence-electron chi connectivity index (χ1n) is 7.20. The fourth-order valence-electron chi connectivity index (χ4n) is 2.18. The summed E-state index contributed by atoms with van der Waals surface area (Å²) in [5.41, 5.74) is 0. The maximum atomic E-state index is 11.8. The molecule has 1 saturated heterocycles. The molecule has 8 heteroatoms. The molecule has 1 rings (SSSR count). The van der Waals surface area contributed by atoms with E-state index in [2.05, 4.69) is 10.6 Å². The second kappa shape index (κ2) is 9.17. The van der Waals surface area contributed by atoms with E-state index in [0.29, 0.717) is 0 Å². The summed E-state index contributed by atoms with van der Waals surface area (Å²) < 4.78 is 0. The van der Waals surface area contributed by atoms with Crippen molar-refractivity contribution in [1.29, 1.82) is 0 Å². The van der Waals surface area contributed by atoms with Crippen molar-refractivity contribution in [3.63, 3.8) is 0 Å². The standard InChI is InChI=1S/C13H23N3O5/c17-9-5-10(12(19)20)15-13(21)14-6-4-11(18)16-7-2-1-3-8-16/h10,17H,1-9H2,(H,19,20)(H2,14,15,21)/t10-/m1/s1. The van der Waals surface area contributed by atoms with Crippen LogP contribution in [0, 0.1) is 0 Å². The van der Waals surface area contributed by atoms with Gasteiger partial charge >= 0.3 is 12.0 Å². The number of likely N-dealkylation sites (tertiary alicyclic amines) is 1. The van der Waals surface area contributed by atoms with Crippen LogP contribution in [-0.2, 0) is 9.59 Å². The number of piperidine rings is 1. The number of hydrogen-bond acceptors (Lipinski definition) is 4. The Kier molecular flexibility index (Phi) is 7.52. The fraction of sp³-hybridized carbons (Fsp3) is 0.769. The Morgan fingerprint density at radius 1 is 1.14 bits per heavy atom. The predicted octanol–water partition coefficient (Wildman–Crippen LogP) is -0.476. The number of nitrogens with one attached hydrogen (secondary N) is 2. The third-order valence-electron chi connectivity index (χ3n) is 3.35. The summed E-state index contributed by atoms with van der Waals surface area (Å²) >= 11 is 0. The lowest BCUT2D eigenvalue weighted by Crippen LogP contribution is -2.47. The van der Waals surface area contributed by atoms with Crippen LogP contribution in [0.25, 0.3) is 0 Å². The molecule has 0 aromatic heterocycles. The van der Waals surface area contributed by atoms with Gasteiger partial charge in [-0.1, -0.05) is 0 Å². The maximum Gasteiger partial charge on any atom is 0.326 e. The van der Waals surface area contributed by atoms with Crippen LogP contribution in [0.5, 0.6) is 0 Å². The zero-order valence-electron chi connectivity index (χ0n) is 12.0. The molecule has 0 radical (unpaired) electrons. The molecule has 0 spiro atoms. The number of rotatable bonds is 7. The Labute approximate surface area is 123 Å². The molecule has 0 aromatic rings. The normalized spacial score (nSPS) is 16.1. The zero-order chi connectivity index (χ0) is 15.7. The van der Waals surface area contributed by atoms with Gasteiger partial charge in [-0.2, -0.15) is 0 Å². The third-order valence-corrected chi connectivity index (χ3v) is 3.35. The lowest BCUT2D eigenvalue weighted by molar-refractivity contribution is -0.139. The quantitative estimate of drug-likeness (QED) is 0.506. The molecule has 0 bridgehead atoms. The lowest BCUT2D eigenvalue weighted by Gasteiger charge is -2.26. The second-order valence-electron chi connectivity index (χ2n) is 4.99. The van der Waals surface area contributed by atoms with Gasteiger partial charge in [-0.05, 0) is 19.3 Å². The van der Waals surface area contributed by atoms with Crippen molar-refractivity contribution in [3.05, 3.63) is 0 Å². The number of aliphatic hydroxyl groups excluding tert-OH is 1. The minimum Gasteiger partial charge on any atom is -0.480 e. The van der Waals surface area contributed by atoms with Crippen LogP contribution in [-0.4, -0.2) is 65.3 Å². The average Bonchev–Trinajstić information content (AvgIpc) is 2.47. The summed E-state index contributed by atoms with van der Waals surface area (Å²) in [6, 6.07) is -1.78. The molecular formula is C13H23N3O5. The molecule has 8 nitrogen and oxygen atoms in total. The number of carboxylic acids is 1. The fourth-order valence-corrected chi connectivity index (χ4v) is 2.18. The molecular weight excluding hydrogens is 278 g/mol. The molecule has 1 aliphatic rings. The van der Waals surface area contributed by atoms with E-state index in [4.69, 9.17) is 10.2 Å². The first-order valence-corrected chi connectivity index (χ1v) is 7.20. The van der Waals surface area contributed by atoms with Crippen molar-refractivity contribution >= 4 is 17.9 Å². The number of hydrogen-bond donors (Lipinski definition) is 4. The highest BCUT2D eigenvalue weighted by Crippen LogP contribution is 2.09. The number of aliphatic hydroxyl groups is 1. The molecule has 3 amide bonds. The largest absolute Gasteiger partial charge is 0.480 e. The van der Waals surface area contributed by atoms with Gasteiger partial charge in [-0.15, -0.1) is 0 Å². The summed E-state index contributed by atoms with van der Waals surface area (Å²) in [6.07, 6.45) is 3.31. The summed E-state index contributed by atoms with van der Waals surface area (Å²) in [6.45, 7) is 1.36. The molecule has 1 aliphatic heterocycles. The molecule has 0 aliphatic carbocycles. The van der Waals surface area contributed by atoms with Gasteiger partial charge in [0.2, 0.25) is 5.91 Å². The summed E-state index contributed by atoms with van der Waals surface area (Å²) in [5, 5.41) is 22.2. The van der Waals surface area contributed by atoms with Gasteiger partial charge < -0.3 is 25.7 Å². The monoisotopic (exact) mass is 301 g/mol. The van der Waals surface area contributed by atoms with E-state index < -0.39 is 18.0 Å². The predicted molar refractivity (Wildman–Crippen MR) is 74.7 cm³/mol. The van der Waals surface area contributed by atoms with Gasteiger partial charge in [-0.3, -0.25) is 4.79 Å². The van der Waals surface area contributed by atoms with E-state index in [1.54, 1.807) is 4.90 Å². The SMILES string of the molecule is O=C(NCCC(=O)N1CCCCC1)N[C@H](CCO)C(=O)O. The van der Waals surface area contributed by atoms with E-state index in [-0.39, 0.29) is 31.9 Å². The Balaban J connectivity index is 2.22. The number of carbonyl (C=O) groups is 3. The number of carboxylic acid groups (broad SMARTS) is 1. The molecule has 0 saturated carbocycles. The maximum absolute atomic E-state index is 11.8. The van der Waals surface area contributed by atoms with E-state index in [9.17, 15) is 14.4 Å². The summed E-state index contributed by atoms with van der Waals surface area (Å²) in [4.78, 5) is 35.9. The summed E-state index contributed by atoms with van der Waals surface area (Å²) in [5.74, 6) is -1.20. The molecule has 0 unspecified atom stereocenters. The van der Waals surface area contributed by atoms with Gasteiger partial charge in [0.15, 0.2) is 0 Å². The molecule has 21 heavy (non-hydrogen) atoms. The van der Waals surface area contributed by atoms with E-state index in [1.807, 2.05) is 0 Å². The molecule has 1 heterocycles. The van der Waals surface area contributed by atoms with Crippen LogP contribution in [0.4, 0.5) is 4.79 Å². The Bertz CT molecular complexity index is 369. The van der Waals surface area contributed by atoms with Crippen LogP contribution in [0.1, 0.15) is 32.1 Å². The van der Waals surface area contributed by atoms with Gasteiger partial charge in [0.25, 0.3) is 0 Å². The summed E-state index contributed by atoms with van der Waals surface area (Å²) in [7, 11) is 0. The minimum absolute atomic E-state index is 0.000132. The Morgan fingerprint density at radius 2 is 1.81 bits per heavy atom. The third kappa shape index (κ3) is 6.44. The Hall–Kier alpha value is -1.83. The molecule has 1 fully saturated rings. The average molecular weight is 301 g/mol. The van der Waals surface area contributed by atoms with Crippen LogP contribution >= 0.6 is 0 Å². The zero-order valence-corrected chi connectivity index (χ0v) is 12.0. The van der Waals surface area contributed by atoms with Gasteiger partial charge in [0.1, 0.15) is 6.04 Å². The van der Waals surface area contributed by atoms with E-state index >= 15 is 0 Å². The van der Waals surface area contributed by atoms with Crippen molar-refractivity contribution in [1.82, 2.24) is 15.5 Å². The van der Waals surface area contributed by atoms with Crippen molar-refractivity contribution < 1.29 is 24.6 Å². The van der Waals surface area contributed by atoms with Crippen molar-refractivity contribution in [2.45, 2.75) is 38.1 Å². The number of carbonyl (C=O) groups excluding carboxylic acids is 2. The van der Waals surface area contributed by atoms with Crippen LogP contribution in [0.2, 0.25) is 0 Å². The van der Waals surface area contributed by atoms with Gasteiger partial charge in [-0.25, -0.2) is 9.59 Å². The molecule has 0 aromatic carbocycles. The highest BCUT2D eigenvalue weighted by Gasteiger charge is 2.20. The van der Waals surface area contributed by atoms with Crippen LogP contribution in [0.3, 0.4) is 0 Å². The minimum atomic E-state index is -1.21. The van der Waals surface area contributed by atoms with E-state index in [1.165, 1.54) is 0 Å². The van der Waals surface area contributed by atoms with Crippen molar-refractivity contribution in [3.8, 4) is 0 Å². The number of urea groups is 1. The number of amides is 3.